The van der Waals surface area contributed by atoms with Crippen LogP contribution in [-0.4, -0.2) is 13.4 Å². The van der Waals surface area contributed by atoms with E-state index >= 15 is 0 Å². The number of ether oxygens (including phenoxy) is 2. The lowest BCUT2D eigenvalue weighted by Crippen LogP contribution is -2.17. The normalized spacial score (nSPS) is 22.3. The van der Waals surface area contributed by atoms with Crippen molar-refractivity contribution in [3.05, 3.63) is 33.8 Å². The van der Waals surface area contributed by atoms with Gasteiger partial charge in [0.1, 0.15) is 6.79 Å². The van der Waals surface area contributed by atoms with Gasteiger partial charge in [0.25, 0.3) is 0 Å². The van der Waals surface area contributed by atoms with Crippen molar-refractivity contribution in [1.82, 2.24) is 0 Å². The third-order valence-corrected chi connectivity index (χ3v) is 3.30. The summed E-state index contributed by atoms with van der Waals surface area (Å²) in [6, 6.07) is 6.36. The fourth-order valence-electron chi connectivity index (χ4n) is 1.54. The Bertz CT molecular complexity index is 319. The van der Waals surface area contributed by atoms with Crippen LogP contribution in [0.5, 0.6) is 0 Å². The van der Waals surface area contributed by atoms with Crippen molar-refractivity contribution in [2.24, 2.45) is 0 Å². The minimum Gasteiger partial charge on any atom is -0.355 e. The summed E-state index contributed by atoms with van der Waals surface area (Å²) in [5.41, 5.74) is 2.48. The molecule has 76 valence electrons. The molecule has 1 atom stereocenters. The van der Waals surface area contributed by atoms with Crippen LogP contribution in [0.15, 0.2) is 22.7 Å². The van der Waals surface area contributed by atoms with Gasteiger partial charge in [0.05, 0.1) is 12.7 Å². The number of aryl methyl sites for hydroxylation is 1. The van der Waals surface area contributed by atoms with Crippen LogP contribution < -0.4 is 0 Å². The second-order valence-electron chi connectivity index (χ2n) is 3.48. The summed E-state index contributed by atoms with van der Waals surface area (Å²) in [4.78, 5) is 0. The highest BCUT2D eigenvalue weighted by atomic mass is 79.9. The average molecular weight is 257 g/mol. The first-order valence-corrected chi connectivity index (χ1v) is 5.52. The third kappa shape index (κ3) is 2.16. The lowest BCUT2D eigenvalue weighted by atomic mass is 10.0. The van der Waals surface area contributed by atoms with E-state index in [4.69, 9.17) is 9.47 Å². The molecule has 14 heavy (non-hydrogen) atoms. The molecule has 0 saturated carbocycles. The molecule has 1 aliphatic heterocycles. The summed E-state index contributed by atoms with van der Waals surface area (Å²) in [6.07, 6.45) is 1.14. The van der Waals surface area contributed by atoms with Crippen LogP contribution >= 0.6 is 15.9 Å². The molecule has 1 aromatic carbocycles. The molecule has 2 nitrogen and oxygen atoms in total. The monoisotopic (exact) mass is 256 g/mol. The van der Waals surface area contributed by atoms with Crippen LogP contribution in [0.2, 0.25) is 0 Å². The van der Waals surface area contributed by atoms with Crippen molar-refractivity contribution in [1.29, 1.82) is 0 Å². The molecule has 1 fully saturated rings. The van der Waals surface area contributed by atoms with Gasteiger partial charge >= 0.3 is 0 Å². The molecule has 0 amide bonds. The molecule has 1 heterocycles. The molecule has 0 spiro atoms. The van der Waals surface area contributed by atoms with E-state index in [0.29, 0.717) is 6.79 Å². The maximum atomic E-state index is 5.52. The van der Waals surface area contributed by atoms with Gasteiger partial charge in [-0.3, -0.25) is 0 Å². The Morgan fingerprint density at radius 1 is 1.43 bits per heavy atom. The fraction of sp³-hybridized carbons (Fsp3) is 0.455. The van der Waals surface area contributed by atoms with Gasteiger partial charge in [0, 0.05) is 10.9 Å². The Morgan fingerprint density at radius 2 is 2.29 bits per heavy atom. The molecule has 0 radical (unpaired) electrons. The molecular weight excluding hydrogens is 244 g/mol. The lowest BCUT2D eigenvalue weighted by Gasteiger charge is -2.23. The maximum absolute atomic E-state index is 5.52. The summed E-state index contributed by atoms with van der Waals surface area (Å²) >= 11 is 3.53. The summed E-state index contributed by atoms with van der Waals surface area (Å²) in [5, 5.41) is 0. The Kier molecular flexibility index (Phi) is 3.21. The van der Waals surface area contributed by atoms with E-state index in [1.54, 1.807) is 0 Å². The van der Waals surface area contributed by atoms with Gasteiger partial charge < -0.3 is 9.47 Å². The van der Waals surface area contributed by atoms with E-state index in [-0.39, 0.29) is 6.10 Å². The standard InChI is InChI=1S/C11H13BrO2/c1-8-2-3-9(6-10(8)12)11-4-5-13-7-14-11/h2-3,6,11H,4-5,7H2,1H3/t11-/m1/s1. The minimum absolute atomic E-state index is 0.195. The van der Waals surface area contributed by atoms with E-state index in [1.165, 1.54) is 11.1 Å². The van der Waals surface area contributed by atoms with Gasteiger partial charge in [-0.2, -0.15) is 0 Å². The van der Waals surface area contributed by atoms with E-state index in [2.05, 4.69) is 41.1 Å². The third-order valence-electron chi connectivity index (χ3n) is 2.44. The Hall–Kier alpha value is -0.380. The van der Waals surface area contributed by atoms with Gasteiger partial charge in [-0.05, 0) is 24.1 Å². The van der Waals surface area contributed by atoms with Crippen LogP contribution in [0.25, 0.3) is 0 Å². The van der Waals surface area contributed by atoms with Crippen molar-refractivity contribution >= 4 is 15.9 Å². The molecule has 2 rings (SSSR count). The predicted molar refractivity (Wildman–Crippen MR) is 58.1 cm³/mol. The van der Waals surface area contributed by atoms with Crippen LogP contribution in [0.1, 0.15) is 23.7 Å². The largest absolute Gasteiger partial charge is 0.355 e. The second kappa shape index (κ2) is 4.43. The SMILES string of the molecule is Cc1ccc([C@H]2CCOCO2)cc1Br. The number of hydrogen-bond acceptors (Lipinski definition) is 2. The van der Waals surface area contributed by atoms with Crippen LogP contribution in [0, 0.1) is 6.92 Å². The second-order valence-corrected chi connectivity index (χ2v) is 4.33. The van der Waals surface area contributed by atoms with E-state index in [0.717, 1.165) is 17.5 Å². The van der Waals surface area contributed by atoms with Crippen LogP contribution in [0.3, 0.4) is 0 Å². The van der Waals surface area contributed by atoms with Crippen LogP contribution in [-0.2, 0) is 9.47 Å². The first-order chi connectivity index (χ1) is 6.77. The highest BCUT2D eigenvalue weighted by molar-refractivity contribution is 9.10. The Balaban J connectivity index is 2.18. The quantitative estimate of drug-likeness (QED) is 0.769. The number of rotatable bonds is 1. The molecule has 3 heteroatoms. The summed E-state index contributed by atoms with van der Waals surface area (Å²) in [6.45, 7) is 3.28. The summed E-state index contributed by atoms with van der Waals surface area (Å²) in [5.74, 6) is 0. The zero-order valence-corrected chi connectivity index (χ0v) is 9.71. The molecule has 0 aliphatic carbocycles. The highest BCUT2D eigenvalue weighted by Crippen LogP contribution is 2.27. The molecule has 0 N–H and O–H groups in total. The van der Waals surface area contributed by atoms with Gasteiger partial charge in [-0.1, -0.05) is 28.1 Å². The zero-order chi connectivity index (χ0) is 9.97. The topological polar surface area (TPSA) is 18.5 Å². The molecular formula is C11H13BrO2. The summed E-state index contributed by atoms with van der Waals surface area (Å²) in [7, 11) is 0. The van der Waals surface area contributed by atoms with Gasteiger partial charge in [0.15, 0.2) is 0 Å². The smallest absolute Gasteiger partial charge is 0.147 e. The first-order valence-electron chi connectivity index (χ1n) is 4.73. The van der Waals surface area contributed by atoms with Gasteiger partial charge in [0.2, 0.25) is 0 Å². The molecule has 0 unspecified atom stereocenters. The Labute approximate surface area is 92.3 Å². The van der Waals surface area contributed by atoms with Gasteiger partial charge in [-0.25, -0.2) is 0 Å². The molecule has 1 saturated heterocycles. The summed E-state index contributed by atoms with van der Waals surface area (Å²) < 4.78 is 11.8. The van der Waals surface area contributed by atoms with Crippen molar-refractivity contribution in [3.63, 3.8) is 0 Å². The predicted octanol–water partition coefficient (Wildman–Crippen LogP) is 3.19. The van der Waals surface area contributed by atoms with Crippen LogP contribution in [0.4, 0.5) is 0 Å². The van der Waals surface area contributed by atoms with Crippen molar-refractivity contribution in [2.75, 3.05) is 13.4 Å². The van der Waals surface area contributed by atoms with Crippen molar-refractivity contribution < 1.29 is 9.47 Å². The molecule has 1 aromatic rings. The number of hydrogen-bond donors (Lipinski definition) is 0. The van der Waals surface area contributed by atoms with Crippen molar-refractivity contribution in [2.45, 2.75) is 19.4 Å². The van der Waals surface area contributed by atoms with E-state index < -0.39 is 0 Å². The van der Waals surface area contributed by atoms with Gasteiger partial charge in [-0.15, -0.1) is 0 Å². The highest BCUT2D eigenvalue weighted by Gasteiger charge is 2.16. The van der Waals surface area contributed by atoms with Crippen molar-refractivity contribution in [3.8, 4) is 0 Å². The first kappa shape index (κ1) is 10.1. The molecule has 0 aromatic heterocycles. The lowest BCUT2D eigenvalue weighted by molar-refractivity contribution is -0.140. The Morgan fingerprint density at radius 3 is 2.93 bits per heavy atom. The maximum Gasteiger partial charge on any atom is 0.147 e. The average Bonchev–Trinajstić information content (AvgIpc) is 2.23. The zero-order valence-electron chi connectivity index (χ0n) is 8.13. The molecule has 1 aliphatic rings. The number of benzene rings is 1. The molecule has 0 bridgehead atoms. The van der Waals surface area contributed by atoms with E-state index in [9.17, 15) is 0 Å². The number of halogens is 1. The van der Waals surface area contributed by atoms with E-state index in [1.807, 2.05) is 0 Å². The fourth-order valence-corrected chi connectivity index (χ4v) is 1.93. The minimum atomic E-state index is 0.195.